The Morgan fingerprint density at radius 2 is 1.90 bits per heavy atom. The first-order chi connectivity index (χ1) is 18.0. The van der Waals surface area contributed by atoms with Crippen molar-refractivity contribution in [1.29, 1.82) is 0 Å². The van der Waals surface area contributed by atoms with Crippen LogP contribution in [0, 0.1) is 17.0 Å². The van der Waals surface area contributed by atoms with Crippen molar-refractivity contribution in [2.24, 2.45) is 9.78 Å². The number of ether oxygens (including phenoxy) is 2. The second-order valence-electron chi connectivity index (χ2n) is 10.7. The second-order valence-corrected chi connectivity index (χ2v) is 12.9. The van der Waals surface area contributed by atoms with E-state index in [4.69, 9.17) is 9.47 Å². The molecule has 9 nitrogen and oxygen atoms in total. The number of alkyl halides is 2. The lowest BCUT2D eigenvalue weighted by Gasteiger charge is -2.27. The lowest BCUT2D eigenvalue weighted by Crippen LogP contribution is -2.40. The number of methoxy groups -OCH3 is 1. The maximum absolute atomic E-state index is 14.4. The molecule has 1 spiro atoms. The normalized spacial score (nSPS) is 23.2. The third-order valence-corrected chi connectivity index (χ3v) is 8.02. The summed E-state index contributed by atoms with van der Waals surface area (Å²) in [6.45, 7) is 4.58. The highest BCUT2D eigenvalue weighted by Gasteiger charge is 2.75. The zero-order chi connectivity index (χ0) is 29.0. The zero-order valence-electron chi connectivity index (χ0n) is 21.9. The van der Waals surface area contributed by atoms with Crippen molar-refractivity contribution in [3.8, 4) is 5.75 Å². The molecule has 2 amide bonds. The van der Waals surface area contributed by atoms with E-state index in [0.29, 0.717) is 0 Å². The van der Waals surface area contributed by atoms with Crippen LogP contribution in [0.2, 0.25) is 0 Å². The number of anilines is 2. The van der Waals surface area contributed by atoms with E-state index in [9.17, 15) is 31.4 Å². The van der Waals surface area contributed by atoms with Gasteiger partial charge < -0.3 is 19.7 Å². The number of hydrogen-bond donors (Lipinski definition) is 1. The number of pyridine rings is 1. The average molecular weight is 573 g/mol. The highest BCUT2D eigenvalue weighted by Crippen LogP contribution is 2.67. The van der Waals surface area contributed by atoms with Crippen LogP contribution in [0.4, 0.5) is 33.7 Å². The van der Waals surface area contributed by atoms with Gasteiger partial charge in [-0.15, -0.1) is 4.36 Å². The van der Waals surface area contributed by atoms with Gasteiger partial charge in [0.2, 0.25) is 11.7 Å². The summed E-state index contributed by atoms with van der Waals surface area (Å²) in [5.74, 6) is -6.73. The first-order valence-corrected chi connectivity index (χ1v) is 13.8. The number of carbonyl (C=O) groups is 2. The number of nitrogens with one attached hydrogen (secondary N) is 1. The van der Waals surface area contributed by atoms with E-state index in [1.165, 1.54) is 35.6 Å². The molecular weight excluding hydrogens is 544 g/mol. The SMILES string of the molecule is COc1c(N2CC3(CC2C(=O)Nc2ccnc([S@@](C)(=O)=NC(=O)OC(C)(C)C)c2)CC3(F)F)ccc(F)c1F. The highest BCUT2D eigenvalue weighted by molar-refractivity contribution is 7.93. The maximum Gasteiger partial charge on any atom is 0.442 e. The van der Waals surface area contributed by atoms with Crippen LogP contribution in [0.1, 0.15) is 33.6 Å². The molecule has 2 fully saturated rings. The quantitative estimate of drug-likeness (QED) is 0.502. The summed E-state index contributed by atoms with van der Waals surface area (Å²) in [6, 6.07) is 3.44. The Kier molecular flexibility index (Phi) is 7.07. The second kappa shape index (κ2) is 9.65. The fourth-order valence-electron chi connectivity index (χ4n) is 4.57. The molecule has 3 atom stereocenters. The molecule has 1 aromatic heterocycles. The van der Waals surface area contributed by atoms with E-state index < -0.39 is 68.5 Å². The molecular formula is C25H28F4N4O5S. The summed E-state index contributed by atoms with van der Waals surface area (Å²) >= 11 is 0. The summed E-state index contributed by atoms with van der Waals surface area (Å²) in [7, 11) is -2.26. The number of aromatic nitrogens is 1. The Morgan fingerprint density at radius 3 is 2.49 bits per heavy atom. The molecule has 4 rings (SSSR count). The molecule has 1 aliphatic heterocycles. The van der Waals surface area contributed by atoms with E-state index in [-0.39, 0.29) is 29.4 Å². The molecule has 0 bridgehead atoms. The Hall–Kier alpha value is -3.42. The number of rotatable bonds is 5. The number of halogens is 4. The van der Waals surface area contributed by atoms with Crippen LogP contribution in [0.5, 0.6) is 5.75 Å². The number of carbonyl (C=O) groups excluding carboxylic acids is 2. The predicted molar refractivity (Wildman–Crippen MR) is 135 cm³/mol. The molecule has 2 heterocycles. The summed E-state index contributed by atoms with van der Waals surface area (Å²) in [4.78, 5) is 30.7. The lowest BCUT2D eigenvalue weighted by atomic mass is 10.0. The Balaban J connectivity index is 1.62. The van der Waals surface area contributed by atoms with E-state index in [2.05, 4.69) is 14.7 Å². The zero-order valence-corrected chi connectivity index (χ0v) is 22.7. The monoisotopic (exact) mass is 572 g/mol. The van der Waals surface area contributed by atoms with Crippen LogP contribution in [0.3, 0.4) is 0 Å². The molecule has 1 aliphatic carbocycles. The van der Waals surface area contributed by atoms with Gasteiger partial charge >= 0.3 is 6.09 Å². The summed E-state index contributed by atoms with van der Waals surface area (Å²) < 4.78 is 83.7. The number of benzene rings is 1. The van der Waals surface area contributed by atoms with Crippen molar-refractivity contribution < 1.29 is 40.8 Å². The topological polar surface area (TPSA) is 110 Å². The van der Waals surface area contributed by atoms with E-state index in [0.717, 1.165) is 13.2 Å². The Morgan fingerprint density at radius 1 is 1.23 bits per heavy atom. The number of amides is 2. The van der Waals surface area contributed by atoms with Gasteiger partial charge in [0.05, 0.1) is 18.2 Å². The van der Waals surface area contributed by atoms with Gasteiger partial charge in [-0.05, 0) is 51.5 Å². The highest BCUT2D eigenvalue weighted by atomic mass is 32.2. The average Bonchev–Trinajstić information content (AvgIpc) is 3.14. The van der Waals surface area contributed by atoms with Crippen LogP contribution >= 0.6 is 0 Å². The summed E-state index contributed by atoms with van der Waals surface area (Å²) in [5.41, 5.74) is -2.30. The van der Waals surface area contributed by atoms with Gasteiger partial charge in [0.1, 0.15) is 26.4 Å². The van der Waals surface area contributed by atoms with Gasteiger partial charge in [0, 0.05) is 31.1 Å². The molecule has 212 valence electrons. The molecule has 2 aliphatic rings. The third kappa shape index (κ3) is 5.65. The fourth-order valence-corrected chi connectivity index (χ4v) is 5.59. The molecule has 39 heavy (non-hydrogen) atoms. The van der Waals surface area contributed by atoms with Gasteiger partial charge in [-0.2, -0.15) is 4.39 Å². The van der Waals surface area contributed by atoms with E-state index in [1.807, 2.05) is 0 Å². The standard InChI is InChI=1S/C25H28F4N4O5S/c1-23(2,3)38-22(35)32-39(5,36)18-10-14(8-9-30-18)31-21(34)17-11-24(12-25(24,28)29)13-33(17)16-7-6-15(26)19(27)20(16)37-4/h6-10,17H,11-13H2,1-5H3,(H,30,31,34)/t17?,24?,39-/m1/s1. The maximum atomic E-state index is 14.4. The molecule has 14 heteroatoms. The van der Waals surface area contributed by atoms with E-state index >= 15 is 0 Å². The predicted octanol–water partition coefficient (Wildman–Crippen LogP) is 5.00. The number of hydrogen-bond acceptors (Lipinski definition) is 7. The van der Waals surface area contributed by atoms with Gasteiger partial charge in [-0.3, -0.25) is 4.79 Å². The molecule has 2 unspecified atom stereocenters. The first kappa shape index (κ1) is 28.6. The van der Waals surface area contributed by atoms with E-state index in [1.54, 1.807) is 20.8 Å². The molecule has 2 aromatic rings. The molecule has 1 saturated carbocycles. The Labute approximate surface area is 223 Å². The third-order valence-electron chi connectivity index (χ3n) is 6.52. The largest absolute Gasteiger partial charge is 0.491 e. The van der Waals surface area contributed by atoms with Crippen LogP contribution in [-0.4, -0.2) is 58.7 Å². The molecule has 1 N–H and O–H groups in total. The summed E-state index contributed by atoms with van der Waals surface area (Å²) in [6.07, 6.45) is 0.668. The van der Waals surface area contributed by atoms with Crippen molar-refractivity contribution in [3.63, 3.8) is 0 Å². The van der Waals surface area contributed by atoms with Gasteiger partial charge in [0.15, 0.2) is 11.6 Å². The summed E-state index contributed by atoms with van der Waals surface area (Å²) in [5, 5.41) is 2.46. The smallest absolute Gasteiger partial charge is 0.442 e. The first-order valence-electron chi connectivity index (χ1n) is 11.9. The minimum Gasteiger partial charge on any atom is -0.491 e. The van der Waals surface area contributed by atoms with Crippen LogP contribution in [0.15, 0.2) is 39.9 Å². The van der Waals surface area contributed by atoms with Crippen molar-refractivity contribution in [1.82, 2.24) is 4.98 Å². The number of nitrogens with zero attached hydrogens (tertiary/aromatic N) is 3. The van der Waals surface area contributed by atoms with Crippen LogP contribution in [-0.2, 0) is 19.3 Å². The minimum atomic E-state index is -3.37. The fraction of sp³-hybridized carbons (Fsp3) is 0.480. The molecule has 1 saturated heterocycles. The molecule has 0 radical (unpaired) electrons. The van der Waals surface area contributed by atoms with Crippen molar-refractivity contribution in [3.05, 3.63) is 42.1 Å². The van der Waals surface area contributed by atoms with Crippen molar-refractivity contribution in [2.75, 3.05) is 30.1 Å². The van der Waals surface area contributed by atoms with Crippen LogP contribution in [0.25, 0.3) is 0 Å². The van der Waals surface area contributed by atoms with Gasteiger partial charge in [-0.25, -0.2) is 27.2 Å². The van der Waals surface area contributed by atoms with Gasteiger partial charge in [0.25, 0.3) is 5.92 Å². The van der Waals surface area contributed by atoms with Crippen molar-refractivity contribution >= 4 is 33.1 Å². The molecule has 1 aromatic carbocycles. The lowest BCUT2D eigenvalue weighted by molar-refractivity contribution is -0.117. The van der Waals surface area contributed by atoms with Crippen molar-refractivity contribution in [2.45, 2.75) is 56.2 Å². The Bertz CT molecular complexity index is 1450. The van der Waals surface area contributed by atoms with Gasteiger partial charge in [-0.1, -0.05) is 0 Å². The van der Waals surface area contributed by atoms with Crippen LogP contribution < -0.4 is 15.0 Å². The minimum absolute atomic E-state index is 0.0423.